The highest BCUT2D eigenvalue weighted by atomic mass is 16.5. The number of fused-ring (bicyclic) bond motifs is 1. The van der Waals surface area contributed by atoms with E-state index in [1.54, 1.807) is 0 Å². The van der Waals surface area contributed by atoms with Crippen LogP contribution in [0.15, 0.2) is 42.5 Å². The third-order valence-corrected chi connectivity index (χ3v) is 3.98. The number of aryl methyl sites for hydroxylation is 2. The molecule has 0 bridgehead atoms. The molecule has 0 saturated heterocycles. The molecule has 0 unspecified atom stereocenters. The summed E-state index contributed by atoms with van der Waals surface area (Å²) < 4.78 is 6.25. The Bertz CT molecular complexity index is 606. The van der Waals surface area contributed by atoms with Gasteiger partial charge < -0.3 is 10.1 Å². The van der Waals surface area contributed by atoms with Gasteiger partial charge in [0, 0.05) is 12.1 Å². The van der Waals surface area contributed by atoms with E-state index in [1.807, 2.05) is 7.05 Å². The molecule has 2 heteroatoms. The fourth-order valence-corrected chi connectivity index (χ4v) is 2.92. The zero-order valence-electron chi connectivity index (χ0n) is 12.1. The van der Waals surface area contributed by atoms with Crippen LogP contribution in [0.25, 0.3) is 11.1 Å². The summed E-state index contributed by atoms with van der Waals surface area (Å²) in [5, 5.41) is 3.21. The first-order valence-corrected chi connectivity index (χ1v) is 7.28. The van der Waals surface area contributed by atoms with E-state index in [0.717, 1.165) is 25.1 Å². The molecule has 1 aliphatic rings. The molecule has 1 aliphatic heterocycles. The van der Waals surface area contributed by atoms with E-state index < -0.39 is 0 Å². The lowest BCUT2D eigenvalue weighted by atomic mass is 9.93. The fraction of sp³-hybridized carbons (Fsp3) is 0.333. The van der Waals surface area contributed by atoms with E-state index in [2.05, 4.69) is 54.7 Å². The molecule has 0 aromatic heterocycles. The lowest BCUT2D eigenvalue weighted by Crippen LogP contribution is -2.32. The van der Waals surface area contributed by atoms with Gasteiger partial charge in [0.1, 0.15) is 11.9 Å². The zero-order valence-corrected chi connectivity index (χ0v) is 12.1. The van der Waals surface area contributed by atoms with E-state index >= 15 is 0 Å². The van der Waals surface area contributed by atoms with Crippen molar-refractivity contribution in [1.29, 1.82) is 0 Å². The molecule has 2 aromatic carbocycles. The summed E-state index contributed by atoms with van der Waals surface area (Å²) in [6, 6.07) is 15.0. The lowest BCUT2D eigenvalue weighted by molar-refractivity contribution is 0.174. The number of hydrogen-bond donors (Lipinski definition) is 1. The molecule has 2 aromatic rings. The minimum absolute atomic E-state index is 0.276. The summed E-state index contributed by atoms with van der Waals surface area (Å²) >= 11 is 0. The molecule has 2 nitrogen and oxygen atoms in total. The van der Waals surface area contributed by atoms with Crippen molar-refractivity contribution in [3.05, 3.63) is 53.6 Å². The van der Waals surface area contributed by atoms with Gasteiger partial charge in [0.25, 0.3) is 0 Å². The molecule has 0 aliphatic carbocycles. The maximum Gasteiger partial charge on any atom is 0.130 e. The molecule has 0 radical (unpaired) electrons. The SMILES string of the molecule is CNC[C@H]1CCc2cccc(-c3ccccc3C)c2O1. The average Bonchev–Trinajstić information content (AvgIpc) is 2.48. The highest BCUT2D eigenvalue weighted by Crippen LogP contribution is 2.38. The molecule has 1 heterocycles. The first kappa shape index (κ1) is 13.2. The van der Waals surface area contributed by atoms with Crippen molar-refractivity contribution >= 4 is 0 Å². The Labute approximate surface area is 120 Å². The van der Waals surface area contributed by atoms with Crippen LogP contribution in [-0.2, 0) is 6.42 Å². The third-order valence-electron chi connectivity index (χ3n) is 3.98. The van der Waals surface area contributed by atoms with Crippen LogP contribution in [0.5, 0.6) is 5.75 Å². The van der Waals surface area contributed by atoms with Crippen LogP contribution in [0.2, 0.25) is 0 Å². The van der Waals surface area contributed by atoms with Crippen molar-refractivity contribution in [3.8, 4) is 16.9 Å². The van der Waals surface area contributed by atoms with Gasteiger partial charge in [-0.2, -0.15) is 0 Å². The van der Waals surface area contributed by atoms with E-state index in [4.69, 9.17) is 4.74 Å². The first-order chi connectivity index (χ1) is 9.79. The summed E-state index contributed by atoms with van der Waals surface area (Å²) in [7, 11) is 1.98. The second kappa shape index (κ2) is 5.68. The Balaban J connectivity index is 2.04. The van der Waals surface area contributed by atoms with Gasteiger partial charge in [-0.1, -0.05) is 42.5 Å². The highest BCUT2D eigenvalue weighted by molar-refractivity contribution is 5.75. The normalized spacial score (nSPS) is 17.4. The fourth-order valence-electron chi connectivity index (χ4n) is 2.92. The minimum atomic E-state index is 0.276. The van der Waals surface area contributed by atoms with Gasteiger partial charge in [-0.25, -0.2) is 0 Å². The molecule has 0 spiro atoms. The Morgan fingerprint density at radius 3 is 2.70 bits per heavy atom. The average molecular weight is 267 g/mol. The van der Waals surface area contributed by atoms with Crippen molar-refractivity contribution in [3.63, 3.8) is 0 Å². The largest absolute Gasteiger partial charge is 0.488 e. The minimum Gasteiger partial charge on any atom is -0.488 e. The van der Waals surface area contributed by atoms with Crippen molar-refractivity contribution in [2.45, 2.75) is 25.9 Å². The van der Waals surface area contributed by atoms with Crippen molar-refractivity contribution in [2.24, 2.45) is 0 Å². The molecular weight excluding hydrogens is 246 g/mol. The van der Waals surface area contributed by atoms with Crippen LogP contribution in [0.4, 0.5) is 0 Å². The van der Waals surface area contributed by atoms with Crippen LogP contribution in [0, 0.1) is 6.92 Å². The Kier molecular flexibility index (Phi) is 3.75. The van der Waals surface area contributed by atoms with Crippen LogP contribution < -0.4 is 10.1 Å². The van der Waals surface area contributed by atoms with Gasteiger partial charge in [-0.05, 0) is 43.5 Å². The van der Waals surface area contributed by atoms with Gasteiger partial charge in [0.2, 0.25) is 0 Å². The number of rotatable bonds is 3. The number of benzene rings is 2. The zero-order chi connectivity index (χ0) is 13.9. The summed E-state index contributed by atoms with van der Waals surface area (Å²) in [6.45, 7) is 3.06. The molecule has 0 saturated carbocycles. The molecule has 1 atom stereocenters. The summed E-state index contributed by atoms with van der Waals surface area (Å²) in [6.07, 6.45) is 2.46. The standard InChI is InChI=1S/C18H21NO/c1-13-6-3-4-8-16(13)17-9-5-7-14-10-11-15(12-19-2)20-18(14)17/h3-9,15,19H,10-12H2,1-2H3/t15-/m1/s1. The van der Waals surface area contributed by atoms with Gasteiger partial charge in [-0.15, -0.1) is 0 Å². The van der Waals surface area contributed by atoms with Crippen molar-refractivity contribution in [2.75, 3.05) is 13.6 Å². The molecule has 0 amide bonds. The summed E-state index contributed by atoms with van der Waals surface area (Å²) in [5.41, 5.74) is 5.12. The maximum absolute atomic E-state index is 6.25. The summed E-state index contributed by atoms with van der Waals surface area (Å²) in [5.74, 6) is 1.08. The molecule has 0 fully saturated rings. The van der Waals surface area contributed by atoms with Crippen molar-refractivity contribution in [1.82, 2.24) is 5.32 Å². The number of likely N-dealkylation sites (N-methyl/N-ethyl adjacent to an activating group) is 1. The predicted molar refractivity (Wildman–Crippen MR) is 83.3 cm³/mol. The van der Waals surface area contributed by atoms with Gasteiger partial charge in [-0.3, -0.25) is 0 Å². The van der Waals surface area contributed by atoms with Crippen LogP contribution in [0.3, 0.4) is 0 Å². The van der Waals surface area contributed by atoms with E-state index in [9.17, 15) is 0 Å². The van der Waals surface area contributed by atoms with Gasteiger partial charge in [0.05, 0.1) is 0 Å². The van der Waals surface area contributed by atoms with E-state index in [1.165, 1.54) is 22.3 Å². The van der Waals surface area contributed by atoms with Gasteiger partial charge in [0.15, 0.2) is 0 Å². The number of nitrogens with one attached hydrogen (secondary N) is 1. The second-order valence-corrected chi connectivity index (χ2v) is 5.44. The Morgan fingerprint density at radius 2 is 1.90 bits per heavy atom. The van der Waals surface area contributed by atoms with Crippen LogP contribution >= 0.6 is 0 Å². The lowest BCUT2D eigenvalue weighted by Gasteiger charge is -2.28. The molecule has 1 N–H and O–H groups in total. The van der Waals surface area contributed by atoms with Crippen LogP contribution in [-0.4, -0.2) is 19.7 Å². The molecule has 104 valence electrons. The van der Waals surface area contributed by atoms with Crippen molar-refractivity contribution < 1.29 is 4.74 Å². The van der Waals surface area contributed by atoms with E-state index in [-0.39, 0.29) is 6.10 Å². The quantitative estimate of drug-likeness (QED) is 0.918. The monoisotopic (exact) mass is 267 g/mol. The molecule has 20 heavy (non-hydrogen) atoms. The first-order valence-electron chi connectivity index (χ1n) is 7.28. The number of para-hydroxylation sites is 1. The topological polar surface area (TPSA) is 21.3 Å². The number of hydrogen-bond acceptors (Lipinski definition) is 2. The smallest absolute Gasteiger partial charge is 0.130 e. The van der Waals surface area contributed by atoms with Crippen LogP contribution in [0.1, 0.15) is 17.5 Å². The van der Waals surface area contributed by atoms with E-state index in [0.29, 0.717) is 0 Å². The highest BCUT2D eigenvalue weighted by Gasteiger charge is 2.22. The van der Waals surface area contributed by atoms with Gasteiger partial charge >= 0.3 is 0 Å². The Morgan fingerprint density at radius 1 is 1.10 bits per heavy atom. The second-order valence-electron chi connectivity index (χ2n) is 5.44. The number of ether oxygens (including phenoxy) is 1. The molecule has 3 rings (SSSR count). The maximum atomic E-state index is 6.25. The summed E-state index contributed by atoms with van der Waals surface area (Å²) in [4.78, 5) is 0. The third kappa shape index (κ3) is 2.44. The predicted octanol–water partition coefficient (Wildman–Crippen LogP) is 3.58. The molecular formula is C18H21NO. The Hall–Kier alpha value is -1.80.